The number of carboxylic acids is 1. The predicted molar refractivity (Wildman–Crippen MR) is 123 cm³/mol. The highest BCUT2D eigenvalue weighted by Gasteiger charge is 2.40. The number of aliphatic carboxylic acids is 1. The third-order valence-corrected chi connectivity index (χ3v) is 5.84. The van der Waals surface area contributed by atoms with E-state index >= 15 is 4.39 Å². The van der Waals surface area contributed by atoms with E-state index in [1.165, 1.54) is 36.4 Å². The van der Waals surface area contributed by atoms with Crippen LogP contribution in [0.4, 0.5) is 33.9 Å². The Bertz CT molecular complexity index is 1290. The molecule has 7 nitrogen and oxygen atoms in total. The van der Waals surface area contributed by atoms with Crippen LogP contribution >= 0.6 is 0 Å². The van der Waals surface area contributed by atoms with Crippen LogP contribution in [0.1, 0.15) is 30.4 Å². The van der Waals surface area contributed by atoms with Crippen molar-refractivity contribution in [2.24, 2.45) is 0 Å². The van der Waals surface area contributed by atoms with Gasteiger partial charge in [-0.15, -0.1) is 0 Å². The molecule has 11 heteroatoms. The minimum Gasteiger partial charge on any atom is -0.480 e. The van der Waals surface area contributed by atoms with Crippen LogP contribution in [-0.2, 0) is 21.3 Å². The van der Waals surface area contributed by atoms with Crippen molar-refractivity contribution in [1.29, 1.82) is 0 Å². The molecule has 1 saturated carbocycles. The summed E-state index contributed by atoms with van der Waals surface area (Å²) in [4.78, 5) is 27.4. The van der Waals surface area contributed by atoms with Crippen molar-refractivity contribution in [2.75, 3.05) is 17.2 Å². The molecule has 1 aliphatic rings. The summed E-state index contributed by atoms with van der Waals surface area (Å²) in [5.74, 6) is -1.65. The number of alkyl halides is 3. The number of amides is 2. The fourth-order valence-corrected chi connectivity index (χ4v) is 3.93. The molecule has 0 spiro atoms. The first-order valence-corrected chi connectivity index (χ1v) is 10.9. The molecule has 3 aromatic rings. The zero-order valence-electron chi connectivity index (χ0n) is 18.7. The molecule has 188 valence electrons. The first kappa shape index (κ1) is 25.1. The van der Waals surface area contributed by atoms with E-state index in [-0.39, 0.29) is 22.8 Å². The highest BCUT2D eigenvalue weighted by Crippen LogP contribution is 2.45. The molecular weight excluding hydrogens is 482 g/mol. The number of rotatable bonds is 7. The number of carboxylic acid groups (broad SMARTS) is 1. The normalized spacial score (nSPS) is 14.6. The van der Waals surface area contributed by atoms with Gasteiger partial charge in [-0.25, -0.2) is 19.0 Å². The Morgan fingerprint density at radius 3 is 2.42 bits per heavy atom. The lowest BCUT2D eigenvalue weighted by Gasteiger charge is -2.41. The number of halogens is 4. The zero-order valence-corrected chi connectivity index (χ0v) is 18.7. The van der Waals surface area contributed by atoms with E-state index in [9.17, 15) is 22.8 Å². The SMILES string of the molecule is O=C(O)COC1(c2ccc(-c3cccc(NC(=O)Nc4cccc(C(F)(F)F)c4)n3)c(F)c2)CCC1. The average Bonchev–Trinajstić information content (AvgIpc) is 2.78. The Balaban J connectivity index is 1.48. The molecule has 0 saturated heterocycles. The molecule has 1 fully saturated rings. The fraction of sp³-hybridized carbons (Fsp3) is 0.240. The molecular formula is C25H21F4N3O4. The van der Waals surface area contributed by atoms with Crippen molar-refractivity contribution in [3.8, 4) is 11.3 Å². The molecule has 3 N–H and O–H groups in total. The van der Waals surface area contributed by atoms with E-state index in [1.54, 1.807) is 12.1 Å². The maximum Gasteiger partial charge on any atom is 0.416 e. The Morgan fingerprint density at radius 2 is 1.78 bits per heavy atom. The van der Waals surface area contributed by atoms with Gasteiger partial charge >= 0.3 is 18.2 Å². The van der Waals surface area contributed by atoms with Gasteiger partial charge in [-0.2, -0.15) is 13.2 Å². The van der Waals surface area contributed by atoms with Gasteiger partial charge in [0.2, 0.25) is 0 Å². The monoisotopic (exact) mass is 503 g/mol. The van der Waals surface area contributed by atoms with Gasteiger partial charge < -0.3 is 15.2 Å². The Labute approximate surface area is 203 Å². The number of nitrogens with zero attached hydrogens (tertiary/aromatic N) is 1. The fourth-order valence-electron chi connectivity index (χ4n) is 3.93. The average molecular weight is 503 g/mol. The topological polar surface area (TPSA) is 101 Å². The number of urea groups is 1. The second-order valence-electron chi connectivity index (χ2n) is 8.29. The summed E-state index contributed by atoms with van der Waals surface area (Å²) in [5.41, 5.74) is -0.910. The van der Waals surface area contributed by atoms with Crippen LogP contribution in [-0.4, -0.2) is 28.7 Å². The van der Waals surface area contributed by atoms with Crippen LogP contribution in [0.3, 0.4) is 0 Å². The number of carbonyl (C=O) groups is 2. The molecule has 1 aliphatic carbocycles. The third kappa shape index (κ3) is 5.62. The van der Waals surface area contributed by atoms with Crippen molar-refractivity contribution in [1.82, 2.24) is 4.98 Å². The van der Waals surface area contributed by atoms with Gasteiger partial charge in [0.25, 0.3) is 0 Å². The lowest BCUT2D eigenvalue weighted by molar-refractivity contribution is -0.159. The summed E-state index contributed by atoms with van der Waals surface area (Å²) in [6.45, 7) is -0.485. The van der Waals surface area contributed by atoms with Crippen LogP contribution in [0.15, 0.2) is 60.7 Å². The quantitative estimate of drug-likeness (QED) is 0.342. The summed E-state index contributed by atoms with van der Waals surface area (Å²) in [6, 6.07) is 12.3. The molecule has 1 heterocycles. The first-order chi connectivity index (χ1) is 17.1. The second kappa shape index (κ2) is 9.94. The number of carbonyl (C=O) groups excluding carboxylic acids is 1. The largest absolute Gasteiger partial charge is 0.480 e. The van der Waals surface area contributed by atoms with E-state index < -0.39 is 41.8 Å². The van der Waals surface area contributed by atoms with Crippen molar-refractivity contribution >= 4 is 23.5 Å². The van der Waals surface area contributed by atoms with E-state index in [2.05, 4.69) is 15.6 Å². The van der Waals surface area contributed by atoms with Crippen molar-refractivity contribution in [2.45, 2.75) is 31.0 Å². The lowest BCUT2D eigenvalue weighted by atomic mass is 9.74. The van der Waals surface area contributed by atoms with Crippen molar-refractivity contribution < 1.29 is 37.0 Å². The number of ether oxygens (including phenoxy) is 1. The van der Waals surface area contributed by atoms with E-state index in [1.807, 2.05) is 0 Å². The number of nitrogens with one attached hydrogen (secondary N) is 2. The van der Waals surface area contributed by atoms with Gasteiger partial charge in [-0.3, -0.25) is 5.32 Å². The van der Waals surface area contributed by atoms with Crippen molar-refractivity contribution in [3.05, 3.63) is 77.6 Å². The van der Waals surface area contributed by atoms with Crippen LogP contribution < -0.4 is 10.6 Å². The van der Waals surface area contributed by atoms with Crippen LogP contribution in [0.25, 0.3) is 11.3 Å². The predicted octanol–water partition coefficient (Wildman–Crippen LogP) is 6.03. The number of hydrogen-bond acceptors (Lipinski definition) is 4. The molecule has 0 radical (unpaired) electrons. The summed E-state index contributed by atoms with van der Waals surface area (Å²) >= 11 is 0. The number of aromatic nitrogens is 1. The minimum absolute atomic E-state index is 0.0562. The molecule has 0 atom stereocenters. The van der Waals surface area contributed by atoms with E-state index in [0.717, 1.165) is 18.6 Å². The molecule has 0 bridgehead atoms. The Morgan fingerprint density at radius 1 is 1.03 bits per heavy atom. The lowest BCUT2D eigenvalue weighted by Crippen LogP contribution is -2.38. The van der Waals surface area contributed by atoms with Gasteiger partial charge in [-0.05, 0) is 67.3 Å². The number of benzene rings is 2. The van der Waals surface area contributed by atoms with Gasteiger partial charge in [0, 0.05) is 11.3 Å². The smallest absolute Gasteiger partial charge is 0.416 e. The van der Waals surface area contributed by atoms with Crippen LogP contribution in [0.2, 0.25) is 0 Å². The molecule has 4 rings (SSSR count). The third-order valence-electron chi connectivity index (χ3n) is 5.84. The van der Waals surface area contributed by atoms with Crippen LogP contribution in [0, 0.1) is 5.82 Å². The number of anilines is 2. The zero-order chi connectivity index (χ0) is 25.9. The van der Waals surface area contributed by atoms with Crippen LogP contribution in [0.5, 0.6) is 0 Å². The van der Waals surface area contributed by atoms with Gasteiger partial charge in [0.1, 0.15) is 18.2 Å². The summed E-state index contributed by atoms with van der Waals surface area (Å²) in [5, 5.41) is 13.6. The summed E-state index contributed by atoms with van der Waals surface area (Å²) in [7, 11) is 0. The Kier molecular flexibility index (Phi) is 6.93. The Hall–Kier alpha value is -3.99. The maximum absolute atomic E-state index is 15.0. The first-order valence-electron chi connectivity index (χ1n) is 10.9. The number of hydrogen-bond donors (Lipinski definition) is 3. The summed E-state index contributed by atoms with van der Waals surface area (Å²) in [6.07, 6.45) is -2.55. The molecule has 0 unspecified atom stereocenters. The molecule has 1 aromatic heterocycles. The molecule has 2 amide bonds. The summed E-state index contributed by atoms with van der Waals surface area (Å²) < 4.78 is 59.2. The molecule has 36 heavy (non-hydrogen) atoms. The highest BCUT2D eigenvalue weighted by molar-refractivity contribution is 5.99. The molecule has 2 aromatic carbocycles. The molecule has 0 aliphatic heterocycles. The van der Waals surface area contributed by atoms with Gasteiger partial charge in [0.15, 0.2) is 0 Å². The number of pyridine rings is 1. The van der Waals surface area contributed by atoms with E-state index in [0.29, 0.717) is 18.4 Å². The minimum atomic E-state index is -4.55. The van der Waals surface area contributed by atoms with Crippen molar-refractivity contribution in [3.63, 3.8) is 0 Å². The van der Waals surface area contributed by atoms with Gasteiger partial charge in [0.05, 0.1) is 16.9 Å². The van der Waals surface area contributed by atoms with E-state index in [4.69, 9.17) is 9.84 Å². The van der Waals surface area contributed by atoms with Gasteiger partial charge in [-0.1, -0.05) is 18.2 Å². The highest BCUT2D eigenvalue weighted by atomic mass is 19.4. The second-order valence-corrected chi connectivity index (χ2v) is 8.29. The maximum atomic E-state index is 15.0. The standard InChI is InChI=1S/C25H21F4N3O4/c26-19-13-15(24(10-3-11-24)36-14-22(33)34)8-9-18(19)20-6-2-7-21(31-20)32-23(35)30-17-5-1-4-16(12-17)25(27,28)29/h1-2,4-9,12-13H,3,10-11,14H2,(H,33,34)(H2,30,31,32,35).